The van der Waals surface area contributed by atoms with Gasteiger partial charge in [0.25, 0.3) is 11.5 Å². The second kappa shape index (κ2) is 7.03. The molecular weight excluding hydrogens is 344 g/mol. The maximum absolute atomic E-state index is 12.9. The fourth-order valence-corrected chi connectivity index (χ4v) is 2.37. The number of anilines is 1. The molecule has 3 rings (SSSR count). The first-order valence-electron chi connectivity index (χ1n) is 8.47. The number of aromatic nitrogens is 2. The standard InChI is InChI=1S/C20H20N4O3/c1-20(2,3)19(27)23-24-16(17(25)21-13-9-5-4-6-10-13)22-15-12-8-7-11-14(15)18(24)26/h4-12H,1-3H3,(H,21,25)(H,23,27). The molecule has 0 bridgehead atoms. The summed E-state index contributed by atoms with van der Waals surface area (Å²) in [7, 11) is 0. The zero-order valence-corrected chi connectivity index (χ0v) is 15.3. The summed E-state index contributed by atoms with van der Waals surface area (Å²) in [5.74, 6) is -1.20. The molecular formula is C20H20N4O3. The first kappa shape index (κ1) is 18.3. The summed E-state index contributed by atoms with van der Waals surface area (Å²) >= 11 is 0. The third-order valence-electron chi connectivity index (χ3n) is 3.90. The van der Waals surface area contributed by atoms with Gasteiger partial charge in [-0.1, -0.05) is 51.1 Å². The Kier molecular flexibility index (Phi) is 4.77. The SMILES string of the molecule is CC(C)(C)C(=O)Nn1c(C(=O)Nc2ccccc2)nc2ccccc2c1=O. The van der Waals surface area contributed by atoms with Crippen molar-refractivity contribution in [3.63, 3.8) is 0 Å². The largest absolute Gasteiger partial charge is 0.319 e. The number of nitrogens with zero attached hydrogens (tertiary/aromatic N) is 2. The topological polar surface area (TPSA) is 93.1 Å². The third-order valence-corrected chi connectivity index (χ3v) is 3.90. The van der Waals surface area contributed by atoms with E-state index in [1.54, 1.807) is 69.3 Å². The van der Waals surface area contributed by atoms with E-state index in [9.17, 15) is 14.4 Å². The summed E-state index contributed by atoms with van der Waals surface area (Å²) in [6, 6.07) is 15.5. The molecule has 27 heavy (non-hydrogen) atoms. The lowest BCUT2D eigenvalue weighted by Crippen LogP contribution is -2.42. The van der Waals surface area contributed by atoms with Crippen molar-refractivity contribution >= 4 is 28.4 Å². The van der Waals surface area contributed by atoms with E-state index in [-0.39, 0.29) is 5.82 Å². The van der Waals surface area contributed by atoms with Crippen LogP contribution in [0.1, 0.15) is 31.4 Å². The van der Waals surface area contributed by atoms with Crippen LogP contribution in [-0.2, 0) is 4.79 Å². The van der Waals surface area contributed by atoms with Crippen molar-refractivity contribution in [1.82, 2.24) is 9.66 Å². The first-order valence-corrected chi connectivity index (χ1v) is 8.47. The maximum atomic E-state index is 12.9. The van der Waals surface area contributed by atoms with Crippen LogP contribution in [0, 0.1) is 5.41 Å². The van der Waals surface area contributed by atoms with E-state index >= 15 is 0 Å². The van der Waals surface area contributed by atoms with E-state index in [4.69, 9.17) is 0 Å². The summed E-state index contributed by atoms with van der Waals surface area (Å²) in [5.41, 5.74) is 2.18. The lowest BCUT2D eigenvalue weighted by atomic mass is 9.96. The molecule has 1 aromatic heterocycles. The van der Waals surface area contributed by atoms with Crippen molar-refractivity contribution in [2.75, 3.05) is 10.7 Å². The molecule has 1 heterocycles. The Morgan fingerprint density at radius 1 is 0.963 bits per heavy atom. The van der Waals surface area contributed by atoms with Gasteiger partial charge in [0.15, 0.2) is 0 Å². The van der Waals surface area contributed by atoms with Crippen LogP contribution >= 0.6 is 0 Å². The number of benzene rings is 2. The molecule has 0 saturated carbocycles. The molecule has 138 valence electrons. The van der Waals surface area contributed by atoms with Crippen LogP contribution in [0.2, 0.25) is 0 Å². The van der Waals surface area contributed by atoms with E-state index in [1.807, 2.05) is 6.07 Å². The van der Waals surface area contributed by atoms with Gasteiger partial charge in [0.1, 0.15) is 0 Å². The van der Waals surface area contributed by atoms with Crippen molar-refractivity contribution in [3.05, 3.63) is 70.8 Å². The monoisotopic (exact) mass is 364 g/mol. The van der Waals surface area contributed by atoms with Gasteiger partial charge in [0.2, 0.25) is 11.7 Å². The molecule has 0 aliphatic rings. The Morgan fingerprint density at radius 3 is 2.26 bits per heavy atom. The molecule has 0 unspecified atom stereocenters. The zero-order chi connectivity index (χ0) is 19.6. The lowest BCUT2D eigenvalue weighted by Gasteiger charge is -2.20. The molecule has 0 aliphatic heterocycles. The van der Waals surface area contributed by atoms with E-state index in [2.05, 4.69) is 15.7 Å². The van der Waals surface area contributed by atoms with Crippen LogP contribution in [0.15, 0.2) is 59.4 Å². The lowest BCUT2D eigenvalue weighted by molar-refractivity contribution is -0.124. The summed E-state index contributed by atoms with van der Waals surface area (Å²) in [4.78, 5) is 42.4. The second-order valence-corrected chi connectivity index (χ2v) is 7.10. The number of carbonyl (C=O) groups is 2. The Morgan fingerprint density at radius 2 is 1.59 bits per heavy atom. The van der Waals surface area contributed by atoms with Gasteiger partial charge in [0, 0.05) is 11.1 Å². The summed E-state index contributed by atoms with van der Waals surface area (Å²) in [6.07, 6.45) is 0. The Hall–Kier alpha value is -3.48. The Labute approximate surface area is 156 Å². The second-order valence-electron chi connectivity index (χ2n) is 7.10. The molecule has 2 aromatic carbocycles. The Balaban J connectivity index is 2.11. The summed E-state index contributed by atoms with van der Waals surface area (Å²) < 4.78 is 0.911. The fourth-order valence-electron chi connectivity index (χ4n) is 2.37. The highest BCUT2D eigenvalue weighted by Crippen LogP contribution is 2.15. The van der Waals surface area contributed by atoms with Gasteiger partial charge in [0.05, 0.1) is 10.9 Å². The number of nitrogens with one attached hydrogen (secondary N) is 2. The molecule has 0 fully saturated rings. The minimum Gasteiger partial charge on any atom is -0.319 e. The van der Waals surface area contributed by atoms with Crippen molar-refractivity contribution in [2.45, 2.75) is 20.8 Å². The van der Waals surface area contributed by atoms with Crippen LogP contribution < -0.4 is 16.3 Å². The average molecular weight is 364 g/mol. The third kappa shape index (κ3) is 3.87. The Bertz CT molecular complexity index is 1070. The van der Waals surface area contributed by atoms with Crippen molar-refractivity contribution in [2.24, 2.45) is 5.41 Å². The molecule has 7 heteroatoms. The number of para-hydroxylation sites is 2. The number of carbonyl (C=O) groups excluding carboxylic acids is 2. The predicted octanol–water partition coefficient (Wildman–Crippen LogP) is 2.77. The molecule has 0 spiro atoms. The molecule has 0 saturated heterocycles. The number of fused-ring (bicyclic) bond motifs is 1. The predicted molar refractivity (Wildman–Crippen MR) is 104 cm³/mol. The highest BCUT2D eigenvalue weighted by molar-refractivity contribution is 6.03. The van der Waals surface area contributed by atoms with Crippen LogP contribution in [0.3, 0.4) is 0 Å². The zero-order valence-electron chi connectivity index (χ0n) is 15.3. The van der Waals surface area contributed by atoms with Gasteiger partial charge in [-0.05, 0) is 24.3 Å². The van der Waals surface area contributed by atoms with Crippen LogP contribution in [0.4, 0.5) is 5.69 Å². The van der Waals surface area contributed by atoms with Gasteiger partial charge in [-0.25, -0.2) is 4.98 Å². The van der Waals surface area contributed by atoms with Gasteiger partial charge in [-0.2, -0.15) is 4.68 Å². The number of hydrogen-bond donors (Lipinski definition) is 2. The van der Waals surface area contributed by atoms with Crippen LogP contribution in [-0.4, -0.2) is 21.5 Å². The number of amides is 2. The molecule has 3 aromatic rings. The number of rotatable bonds is 3. The maximum Gasteiger partial charge on any atom is 0.293 e. The van der Waals surface area contributed by atoms with E-state index in [1.165, 1.54) is 0 Å². The van der Waals surface area contributed by atoms with E-state index in [0.717, 1.165) is 4.68 Å². The quantitative estimate of drug-likeness (QED) is 0.747. The van der Waals surface area contributed by atoms with Gasteiger partial charge in [-0.3, -0.25) is 19.8 Å². The molecule has 0 atom stereocenters. The number of hydrogen-bond acceptors (Lipinski definition) is 4. The molecule has 0 aliphatic carbocycles. The van der Waals surface area contributed by atoms with Gasteiger partial charge < -0.3 is 5.32 Å². The van der Waals surface area contributed by atoms with Crippen LogP contribution in [0.5, 0.6) is 0 Å². The van der Waals surface area contributed by atoms with E-state index < -0.39 is 22.8 Å². The highest BCUT2D eigenvalue weighted by Gasteiger charge is 2.25. The van der Waals surface area contributed by atoms with Gasteiger partial charge >= 0.3 is 0 Å². The van der Waals surface area contributed by atoms with Crippen LogP contribution in [0.25, 0.3) is 10.9 Å². The van der Waals surface area contributed by atoms with Crippen molar-refractivity contribution in [3.8, 4) is 0 Å². The summed E-state index contributed by atoms with van der Waals surface area (Å²) in [5, 5.41) is 3.00. The minimum absolute atomic E-state index is 0.194. The van der Waals surface area contributed by atoms with E-state index in [0.29, 0.717) is 16.6 Å². The molecule has 2 amide bonds. The highest BCUT2D eigenvalue weighted by atomic mass is 16.2. The minimum atomic E-state index is -0.752. The molecule has 0 radical (unpaired) electrons. The van der Waals surface area contributed by atoms with Gasteiger partial charge in [-0.15, -0.1) is 0 Å². The molecule has 7 nitrogen and oxygen atoms in total. The van der Waals surface area contributed by atoms with Crippen molar-refractivity contribution < 1.29 is 9.59 Å². The summed E-state index contributed by atoms with van der Waals surface area (Å²) in [6.45, 7) is 5.14. The average Bonchev–Trinajstić information content (AvgIpc) is 2.63. The normalized spacial score (nSPS) is 11.2. The first-order chi connectivity index (χ1) is 12.8. The smallest absolute Gasteiger partial charge is 0.293 e. The molecule has 2 N–H and O–H groups in total. The van der Waals surface area contributed by atoms with Crippen molar-refractivity contribution in [1.29, 1.82) is 0 Å². The fraction of sp³-hybridized carbons (Fsp3) is 0.200.